The van der Waals surface area contributed by atoms with E-state index in [2.05, 4.69) is 30.5 Å². The number of carbonyl (C=O) groups excluding carboxylic acids is 1. The van der Waals surface area contributed by atoms with Gasteiger partial charge >= 0.3 is 0 Å². The molecule has 162 valence electrons. The molecule has 10 heteroatoms. The van der Waals surface area contributed by atoms with E-state index >= 15 is 0 Å². The van der Waals surface area contributed by atoms with Crippen molar-refractivity contribution < 1.29 is 14.3 Å². The maximum absolute atomic E-state index is 12.4. The number of hydrogen-bond donors (Lipinski definition) is 2. The molecule has 0 unspecified atom stereocenters. The van der Waals surface area contributed by atoms with E-state index in [0.717, 1.165) is 32.0 Å². The predicted molar refractivity (Wildman–Crippen MR) is 112 cm³/mol. The lowest BCUT2D eigenvalue weighted by Crippen LogP contribution is -2.50. The molecule has 2 heterocycles. The molecule has 0 atom stereocenters. The van der Waals surface area contributed by atoms with Gasteiger partial charge in [0.25, 0.3) is 0 Å². The molecular formula is C19H33N7O3. The number of nitrogens with one attached hydrogen (secondary N) is 2. The van der Waals surface area contributed by atoms with Crippen molar-refractivity contribution in [1.82, 2.24) is 25.5 Å². The third kappa shape index (κ3) is 8.61. The number of piperazine rings is 1. The zero-order chi connectivity index (χ0) is 20.7. The number of rotatable bonds is 11. The van der Waals surface area contributed by atoms with Crippen molar-refractivity contribution in [3.8, 4) is 0 Å². The number of aliphatic imine (C=N–C) groups is 1. The Kier molecular flexibility index (Phi) is 10.8. The van der Waals surface area contributed by atoms with Crippen molar-refractivity contribution in [2.75, 3.05) is 78.1 Å². The van der Waals surface area contributed by atoms with E-state index < -0.39 is 0 Å². The lowest BCUT2D eigenvalue weighted by molar-refractivity contribution is -0.131. The van der Waals surface area contributed by atoms with Crippen LogP contribution in [0.3, 0.4) is 0 Å². The molecule has 10 nitrogen and oxygen atoms in total. The van der Waals surface area contributed by atoms with Gasteiger partial charge in [0.15, 0.2) is 5.96 Å². The van der Waals surface area contributed by atoms with Gasteiger partial charge in [0.2, 0.25) is 11.9 Å². The molecule has 2 rings (SSSR count). The molecule has 0 aromatic carbocycles. The fourth-order valence-corrected chi connectivity index (χ4v) is 2.90. The maximum Gasteiger partial charge on any atom is 0.225 e. The summed E-state index contributed by atoms with van der Waals surface area (Å²) in [5, 5.41) is 6.41. The topological polar surface area (TPSA) is 104 Å². The molecule has 0 saturated carbocycles. The van der Waals surface area contributed by atoms with Crippen LogP contribution in [0.2, 0.25) is 0 Å². The van der Waals surface area contributed by atoms with E-state index in [4.69, 9.17) is 9.47 Å². The first-order chi connectivity index (χ1) is 14.2. The second-order valence-corrected chi connectivity index (χ2v) is 6.55. The van der Waals surface area contributed by atoms with E-state index in [0.29, 0.717) is 51.8 Å². The molecule has 1 aliphatic rings. The monoisotopic (exact) mass is 407 g/mol. The Hall–Kier alpha value is -2.46. The summed E-state index contributed by atoms with van der Waals surface area (Å²) in [6.45, 7) is 6.07. The number of methoxy groups -OCH3 is 1. The van der Waals surface area contributed by atoms with Gasteiger partial charge in [-0.3, -0.25) is 9.79 Å². The van der Waals surface area contributed by atoms with Crippen molar-refractivity contribution in [2.24, 2.45) is 4.99 Å². The van der Waals surface area contributed by atoms with Crippen molar-refractivity contribution >= 4 is 17.8 Å². The van der Waals surface area contributed by atoms with Crippen LogP contribution in [0.4, 0.5) is 5.95 Å². The molecule has 0 spiro atoms. The largest absolute Gasteiger partial charge is 0.382 e. The zero-order valence-corrected chi connectivity index (χ0v) is 17.5. The first-order valence-electron chi connectivity index (χ1n) is 10.1. The molecule has 1 aromatic heterocycles. The van der Waals surface area contributed by atoms with Gasteiger partial charge in [-0.1, -0.05) is 0 Å². The summed E-state index contributed by atoms with van der Waals surface area (Å²) in [5.41, 5.74) is 0. The highest BCUT2D eigenvalue weighted by Crippen LogP contribution is 2.10. The molecule has 0 bridgehead atoms. The van der Waals surface area contributed by atoms with Crippen LogP contribution in [-0.4, -0.2) is 100.0 Å². The number of amides is 1. The summed E-state index contributed by atoms with van der Waals surface area (Å²) in [6, 6.07) is 1.80. The molecule has 1 fully saturated rings. The minimum absolute atomic E-state index is 0.146. The summed E-state index contributed by atoms with van der Waals surface area (Å²) < 4.78 is 10.3. The zero-order valence-electron chi connectivity index (χ0n) is 17.5. The highest BCUT2D eigenvalue weighted by molar-refractivity contribution is 5.81. The summed E-state index contributed by atoms with van der Waals surface area (Å²) in [7, 11) is 3.38. The third-order valence-corrected chi connectivity index (χ3v) is 4.51. The second kappa shape index (κ2) is 13.7. The number of carbonyl (C=O) groups is 1. The fourth-order valence-electron chi connectivity index (χ4n) is 2.90. The Morgan fingerprint density at radius 2 is 1.83 bits per heavy atom. The van der Waals surface area contributed by atoms with Crippen molar-refractivity contribution in [2.45, 2.75) is 12.8 Å². The van der Waals surface area contributed by atoms with Crippen LogP contribution in [0.1, 0.15) is 12.8 Å². The average Bonchev–Trinajstić information content (AvgIpc) is 2.77. The third-order valence-electron chi connectivity index (χ3n) is 4.51. The number of hydrogen-bond acceptors (Lipinski definition) is 7. The number of guanidine groups is 1. The van der Waals surface area contributed by atoms with Gasteiger partial charge in [0.1, 0.15) is 0 Å². The molecule has 2 N–H and O–H groups in total. The van der Waals surface area contributed by atoms with Crippen LogP contribution < -0.4 is 15.5 Å². The van der Waals surface area contributed by atoms with Gasteiger partial charge in [-0.05, 0) is 12.5 Å². The van der Waals surface area contributed by atoms with Crippen molar-refractivity contribution in [3.05, 3.63) is 18.5 Å². The van der Waals surface area contributed by atoms with Crippen LogP contribution in [-0.2, 0) is 14.3 Å². The van der Waals surface area contributed by atoms with Gasteiger partial charge in [-0.25, -0.2) is 9.97 Å². The summed E-state index contributed by atoms with van der Waals surface area (Å²) in [4.78, 5) is 29.2. The standard InChI is InChI=1S/C19H33N7O3/c1-20-18(21-8-4-14-29-16-15-28-2)22-9-5-17(27)25-10-12-26(13-11-25)19-23-6-3-7-24-19/h3,6-7H,4-5,8-16H2,1-2H3,(H2,20,21,22). The Morgan fingerprint density at radius 3 is 2.52 bits per heavy atom. The first kappa shape index (κ1) is 22.8. The number of anilines is 1. The van der Waals surface area contributed by atoms with Crippen molar-refractivity contribution in [3.63, 3.8) is 0 Å². The quantitative estimate of drug-likeness (QED) is 0.294. The average molecular weight is 408 g/mol. The number of ether oxygens (including phenoxy) is 2. The Balaban J connectivity index is 1.56. The lowest BCUT2D eigenvalue weighted by Gasteiger charge is -2.34. The van der Waals surface area contributed by atoms with Crippen LogP contribution in [0, 0.1) is 0 Å². The highest BCUT2D eigenvalue weighted by Gasteiger charge is 2.22. The summed E-state index contributed by atoms with van der Waals surface area (Å²) >= 11 is 0. The number of nitrogens with zero attached hydrogens (tertiary/aromatic N) is 5. The predicted octanol–water partition coefficient (Wildman–Crippen LogP) is -0.267. The van der Waals surface area contributed by atoms with Gasteiger partial charge in [-0.15, -0.1) is 0 Å². The van der Waals surface area contributed by atoms with Crippen LogP contribution in [0.15, 0.2) is 23.5 Å². The summed E-state index contributed by atoms with van der Waals surface area (Å²) in [5.74, 6) is 1.56. The minimum Gasteiger partial charge on any atom is -0.382 e. The molecule has 1 aromatic rings. The molecule has 1 aliphatic heterocycles. The van der Waals surface area contributed by atoms with Gasteiger partial charge in [-0.2, -0.15) is 0 Å². The first-order valence-corrected chi connectivity index (χ1v) is 10.1. The minimum atomic E-state index is 0.146. The molecule has 0 aliphatic carbocycles. The second-order valence-electron chi connectivity index (χ2n) is 6.55. The molecule has 1 amide bonds. The Labute approximate surface area is 172 Å². The summed E-state index contributed by atoms with van der Waals surface area (Å²) in [6.07, 6.45) is 4.78. The van der Waals surface area contributed by atoms with Crippen molar-refractivity contribution in [1.29, 1.82) is 0 Å². The van der Waals surface area contributed by atoms with Gasteiger partial charge < -0.3 is 29.9 Å². The normalized spacial score (nSPS) is 14.8. The smallest absolute Gasteiger partial charge is 0.225 e. The Morgan fingerprint density at radius 1 is 1.10 bits per heavy atom. The van der Waals surface area contributed by atoms with E-state index in [1.165, 1.54) is 0 Å². The van der Waals surface area contributed by atoms with Crippen LogP contribution in [0.5, 0.6) is 0 Å². The molecule has 1 saturated heterocycles. The lowest BCUT2D eigenvalue weighted by atomic mass is 10.3. The van der Waals surface area contributed by atoms with Gasteiger partial charge in [0.05, 0.1) is 13.2 Å². The van der Waals surface area contributed by atoms with E-state index in [1.807, 2.05) is 4.90 Å². The maximum atomic E-state index is 12.4. The molecular weight excluding hydrogens is 374 g/mol. The van der Waals surface area contributed by atoms with E-state index in [1.54, 1.807) is 32.6 Å². The fraction of sp³-hybridized carbons (Fsp3) is 0.684. The Bertz CT molecular complexity index is 607. The van der Waals surface area contributed by atoms with E-state index in [-0.39, 0.29) is 5.91 Å². The molecule has 29 heavy (non-hydrogen) atoms. The number of aromatic nitrogens is 2. The molecule has 0 radical (unpaired) electrons. The van der Waals surface area contributed by atoms with Crippen LogP contribution in [0.25, 0.3) is 0 Å². The SMILES string of the molecule is CN=C(NCCCOCCOC)NCCC(=O)N1CCN(c2ncccn2)CC1. The highest BCUT2D eigenvalue weighted by atomic mass is 16.5. The van der Waals surface area contributed by atoms with E-state index in [9.17, 15) is 4.79 Å². The van der Waals surface area contributed by atoms with Crippen LogP contribution >= 0.6 is 0 Å². The van der Waals surface area contributed by atoms with Gasteiger partial charge in [0, 0.05) is 78.8 Å².